The van der Waals surface area contributed by atoms with Crippen molar-refractivity contribution < 1.29 is 24.5 Å². The molecule has 1 aliphatic rings. The average Bonchev–Trinajstić information content (AvgIpc) is 3.13. The Bertz CT molecular complexity index is 1230. The van der Waals surface area contributed by atoms with Gasteiger partial charge in [0.15, 0.2) is 0 Å². The standard InChI is InChI=1S/C29H30N2O5/c1-30(2)17-6-18-31-26(21-9-13-23(32)14-10-21)25(28(34)29(31)35)27(33)22-11-15-24(16-12-22)36-19-20-7-4-3-5-8-20/h3-5,7-16,26,32-33H,6,17-19H2,1-2H3/t26-/m1/s1. The van der Waals surface area contributed by atoms with Crippen LogP contribution >= 0.6 is 0 Å². The number of ether oxygens (including phenoxy) is 1. The number of rotatable bonds is 9. The number of aliphatic hydroxyl groups excluding tert-OH is 1. The minimum Gasteiger partial charge on any atom is -0.508 e. The molecule has 4 rings (SSSR count). The Hall–Kier alpha value is -4.10. The molecule has 0 aromatic heterocycles. The lowest BCUT2D eigenvalue weighted by Crippen LogP contribution is -2.32. The molecule has 0 bridgehead atoms. The summed E-state index contributed by atoms with van der Waals surface area (Å²) in [5.41, 5.74) is 2.12. The van der Waals surface area contributed by atoms with Crippen LogP contribution in [0.5, 0.6) is 11.5 Å². The van der Waals surface area contributed by atoms with E-state index in [0.717, 1.165) is 12.1 Å². The molecule has 0 saturated carbocycles. The van der Waals surface area contributed by atoms with E-state index < -0.39 is 17.7 Å². The van der Waals surface area contributed by atoms with Gasteiger partial charge in [-0.1, -0.05) is 42.5 Å². The summed E-state index contributed by atoms with van der Waals surface area (Å²) in [4.78, 5) is 29.6. The number of benzene rings is 3. The Morgan fingerprint density at radius 3 is 2.25 bits per heavy atom. The van der Waals surface area contributed by atoms with Crippen LogP contribution in [0.1, 0.15) is 29.2 Å². The van der Waals surface area contributed by atoms with Crippen LogP contribution in [0.25, 0.3) is 5.76 Å². The highest BCUT2D eigenvalue weighted by molar-refractivity contribution is 6.46. The van der Waals surface area contributed by atoms with E-state index in [0.29, 0.717) is 36.4 Å². The molecule has 3 aromatic carbocycles. The van der Waals surface area contributed by atoms with Gasteiger partial charge in [0.2, 0.25) is 0 Å². The van der Waals surface area contributed by atoms with Gasteiger partial charge in [-0.3, -0.25) is 9.59 Å². The molecule has 0 aliphatic carbocycles. The number of carbonyl (C=O) groups excluding carboxylic acids is 2. The molecule has 1 atom stereocenters. The van der Waals surface area contributed by atoms with Crippen LogP contribution in [-0.4, -0.2) is 58.9 Å². The lowest BCUT2D eigenvalue weighted by molar-refractivity contribution is -0.139. The second-order valence-electron chi connectivity index (χ2n) is 9.04. The van der Waals surface area contributed by atoms with Gasteiger partial charge in [0, 0.05) is 12.1 Å². The number of phenolic OH excluding ortho intramolecular Hbond substituents is 1. The Labute approximate surface area is 210 Å². The summed E-state index contributed by atoms with van der Waals surface area (Å²) in [5.74, 6) is -0.906. The lowest BCUT2D eigenvalue weighted by atomic mass is 9.95. The fraction of sp³-hybridized carbons (Fsp3) is 0.241. The SMILES string of the molecule is CN(C)CCCN1C(=O)C(=O)C(=C(O)c2ccc(OCc3ccccc3)cc2)[C@H]1c1ccc(O)cc1. The molecule has 1 fully saturated rings. The van der Waals surface area contributed by atoms with Gasteiger partial charge in [-0.25, -0.2) is 0 Å². The van der Waals surface area contributed by atoms with Gasteiger partial charge in [-0.15, -0.1) is 0 Å². The molecule has 1 amide bonds. The molecule has 0 radical (unpaired) electrons. The highest BCUT2D eigenvalue weighted by Crippen LogP contribution is 2.40. The van der Waals surface area contributed by atoms with Crippen molar-refractivity contribution in [1.29, 1.82) is 0 Å². The van der Waals surface area contributed by atoms with Crippen LogP contribution in [0.2, 0.25) is 0 Å². The van der Waals surface area contributed by atoms with Gasteiger partial charge in [0.1, 0.15) is 23.9 Å². The topological polar surface area (TPSA) is 90.3 Å². The quantitative estimate of drug-likeness (QED) is 0.266. The summed E-state index contributed by atoms with van der Waals surface area (Å²) in [6, 6.07) is 22.2. The Balaban J connectivity index is 1.63. The largest absolute Gasteiger partial charge is 0.508 e. The van der Waals surface area contributed by atoms with Crippen LogP contribution in [-0.2, 0) is 16.2 Å². The summed E-state index contributed by atoms with van der Waals surface area (Å²) >= 11 is 0. The van der Waals surface area contributed by atoms with E-state index in [4.69, 9.17) is 4.74 Å². The van der Waals surface area contributed by atoms with E-state index in [1.807, 2.05) is 49.3 Å². The van der Waals surface area contributed by atoms with Gasteiger partial charge < -0.3 is 24.7 Å². The first kappa shape index (κ1) is 25.0. The second kappa shape index (κ2) is 11.1. The maximum Gasteiger partial charge on any atom is 0.295 e. The predicted octanol–water partition coefficient (Wildman–Crippen LogP) is 4.34. The molecule has 1 heterocycles. The van der Waals surface area contributed by atoms with Gasteiger partial charge in [-0.2, -0.15) is 0 Å². The minimum absolute atomic E-state index is 0.0356. The number of hydrogen-bond acceptors (Lipinski definition) is 6. The number of amides is 1. The van der Waals surface area contributed by atoms with Crippen molar-refractivity contribution in [1.82, 2.24) is 9.80 Å². The Morgan fingerprint density at radius 2 is 1.61 bits per heavy atom. The Morgan fingerprint density at radius 1 is 0.944 bits per heavy atom. The second-order valence-corrected chi connectivity index (χ2v) is 9.04. The molecule has 1 saturated heterocycles. The highest BCUT2D eigenvalue weighted by atomic mass is 16.5. The molecule has 0 spiro atoms. The monoisotopic (exact) mass is 486 g/mol. The number of aliphatic hydroxyl groups is 1. The van der Waals surface area contributed by atoms with Crippen LogP contribution in [0.3, 0.4) is 0 Å². The van der Waals surface area contributed by atoms with Crippen LogP contribution in [0.15, 0.2) is 84.4 Å². The predicted molar refractivity (Wildman–Crippen MR) is 138 cm³/mol. The van der Waals surface area contributed by atoms with Crippen molar-refractivity contribution in [2.75, 3.05) is 27.2 Å². The van der Waals surface area contributed by atoms with E-state index >= 15 is 0 Å². The minimum atomic E-state index is -0.748. The van der Waals surface area contributed by atoms with Gasteiger partial charge >= 0.3 is 0 Å². The zero-order valence-electron chi connectivity index (χ0n) is 20.4. The Kier molecular flexibility index (Phi) is 7.71. The molecule has 7 nitrogen and oxygen atoms in total. The molecule has 0 unspecified atom stereocenters. The highest BCUT2D eigenvalue weighted by Gasteiger charge is 2.45. The van der Waals surface area contributed by atoms with E-state index in [1.54, 1.807) is 36.4 Å². The summed E-state index contributed by atoms with van der Waals surface area (Å²) in [6.07, 6.45) is 0.669. The third-order valence-electron chi connectivity index (χ3n) is 6.13. The van der Waals surface area contributed by atoms with Crippen molar-refractivity contribution >= 4 is 17.4 Å². The van der Waals surface area contributed by atoms with Crippen LogP contribution in [0.4, 0.5) is 0 Å². The van der Waals surface area contributed by atoms with Crippen molar-refractivity contribution in [2.45, 2.75) is 19.1 Å². The van der Waals surface area contributed by atoms with Crippen molar-refractivity contribution in [3.8, 4) is 11.5 Å². The summed E-state index contributed by atoms with van der Waals surface area (Å²) in [7, 11) is 3.89. The maximum absolute atomic E-state index is 13.1. The zero-order valence-corrected chi connectivity index (χ0v) is 20.4. The molecule has 36 heavy (non-hydrogen) atoms. The number of likely N-dealkylation sites (tertiary alicyclic amines) is 1. The molecule has 2 N–H and O–H groups in total. The smallest absolute Gasteiger partial charge is 0.295 e. The van der Waals surface area contributed by atoms with Crippen molar-refractivity contribution in [3.05, 3.63) is 101 Å². The van der Waals surface area contributed by atoms with Gasteiger partial charge in [0.25, 0.3) is 11.7 Å². The normalized spacial score (nSPS) is 17.1. The molecular weight excluding hydrogens is 456 g/mol. The van der Waals surface area contributed by atoms with E-state index in [-0.39, 0.29) is 17.1 Å². The lowest BCUT2D eigenvalue weighted by Gasteiger charge is -2.26. The van der Waals surface area contributed by atoms with Gasteiger partial charge in [0.05, 0.1) is 11.6 Å². The number of ketones is 1. The third-order valence-corrected chi connectivity index (χ3v) is 6.13. The van der Waals surface area contributed by atoms with Crippen LogP contribution in [0, 0.1) is 0 Å². The molecular formula is C29H30N2O5. The maximum atomic E-state index is 13.1. The number of hydrogen-bond donors (Lipinski definition) is 2. The fourth-order valence-electron chi connectivity index (χ4n) is 4.28. The number of aromatic hydroxyl groups is 1. The fourth-order valence-corrected chi connectivity index (χ4v) is 4.28. The van der Waals surface area contributed by atoms with Crippen molar-refractivity contribution in [2.24, 2.45) is 0 Å². The summed E-state index contributed by atoms with van der Waals surface area (Å²) in [5, 5.41) is 20.9. The van der Waals surface area contributed by atoms with Crippen molar-refractivity contribution in [3.63, 3.8) is 0 Å². The summed E-state index contributed by atoms with van der Waals surface area (Å²) < 4.78 is 5.82. The van der Waals surface area contributed by atoms with E-state index in [1.165, 1.54) is 17.0 Å². The van der Waals surface area contributed by atoms with E-state index in [9.17, 15) is 19.8 Å². The number of phenols is 1. The first-order valence-corrected chi connectivity index (χ1v) is 11.8. The van der Waals surface area contributed by atoms with E-state index in [2.05, 4.69) is 0 Å². The first-order valence-electron chi connectivity index (χ1n) is 11.8. The molecule has 186 valence electrons. The first-order chi connectivity index (χ1) is 17.3. The molecule has 3 aromatic rings. The zero-order chi connectivity index (χ0) is 25.7. The third kappa shape index (κ3) is 5.58. The summed E-state index contributed by atoms with van der Waals surface area (Å²) in [6.45, 7) is 1.51. The average molecular weight is 487 g/mol. The van der Waals surface area contributed by atoms with Crippen LogP contribution < -0.4 is 4.74 Å². The number of Topliss-reactive ketones (excluding diaryl/α,β-unsaturated/α-hetero) is 1. The van der Waals surface area contributed by atoms with Gasteiger partial charge in [-0.05, 0) is 74.6 Å². The number of carbonyl (C=O) groups is 2. The molecule has 1 aliphatic heterocycles. The molecule has 7 heteroatoms. The number of nitrogens with zero attached hydrogens (tertiary/aromatic N) is 2.